The van der Waals surface area contributed by atoms with Crippen LogP contribution in [0.1, 0.15) is 49.5 Å². The molecule has 2 aromatic heterocycles. The van der Waals surface area contributed by atoms with Crippen LogP contribution in [0.4, 0.5) is 11.4 Å². The summed E-state index contributed by atoms with van der Waals surface area (Å²) in [4.78, 5) is 19.3. The molecule has 8 heteroatoms. The number of aromatic amines is 1. The third-order valence-corrected chi connectivity index (χ3v) is 7.53. The number of hydrogen-bond donors (Lipinski definition) is 1. The van der Waals surface area contributed by atoms with Gasteiger partial charge in [0, 0.05) is 30.5 Å². The van der Waals surface area contributed by atoms with E-state index in [0.29, 0.717) is 17.4 Å². The van der Waals surface area contributed by atoms with Crippen molar-refractivity contribution in [2.45, 2.75) is 46.6 Å². The highest BCUT2D eigenvalue weighted by molar-refractivity contribution is 6.03. The van der Waals surface area contributed by atoms with E-state index in [2.05, 4.69) is 59.8 Å². The lowest BCUT2D eigenvalue weighted by molar-refractivity contribution is -0.0249. The smallest absolute Gasteiger partial charge is 0.331 e. The molecule has 35 heavy (non-hydrogen) atoms. The Bertz CT molecular complexity index is 1270. The van der Waals surface area contributed by atoms with Crippen molar-refractivity contribution in [2.24, 2.45) is 17.8 Å². The number of benzene rings is 1. The fourth-order valence-corrected chi connectivity index (χ4v) is 5.98. The number of morpholine rings is 1. The minimum Gasteiger partial charge on any atom is -0.459 e. The van der Waals surface area contributed by atoms with Gasteiger partial charge in [-0.3, -0.25) is 9.50 Å². The highest BCUT2D eigenvalue weighted by Gasteiger charge is 2.35. The van der Waals surface area contributed by atoms with Gasteiger partial charge in [-0.05, 0) is 61.3 Å². The van der Waals surface area contributed by atoms with Crippen LogP contribution in [0.3, 0.4) is 0 Å². The van der Waals surface area contributed by atoms with Crippen LogP contribution in [-0.2, 0) is 9.47 Å². The molecule has 1 saturated carbocycles. The Morgan fingerprint density at radius 3 is 2.57 bits per heavy atom. The SMILES string of the molecule is [C-]#[N+]c1cn2c(-c3ccc(N4CCOCC4)c(C)c3)n[nH]c2c1C(=O)OC1C(C)CC(C)CC1C. The lowest BCUT2D eigenvalue weighted by Crippen LogP contribution is -2.37. The Labute approximate surface area is 206 Å². The van der Waals surface area contributed by atoms with E-state index < -0.39 is 5.97 Å². The highest BCUT2D eigenvalue weighted by atomic mass is 16.5. The van der Waals surface area contributed by atoms with Gasteiger partial charge in [-0.15, -0.1) is 0 Å². The molecule has 3 heterocycles. The van der Waals surface area contributed by atoms with Crippen molar-refractivity contribution in [2.75, 3.05) is 31.2 Å². The van der Waals surface area contributed by atoms with E-state index in [9.17, 15) is 4.79 Å². The average molecular weight is 476 g/mol. The Morgan fingerprint density at radius 2 is 1.91 bits per heavy atom. The molecule has 8 nitrogen and oxygen atoms in total. The van der Waals surface area contributed by atoms with Crippen molar-refractivity contribution in [3.8, 4) is 11.4 Å². The summed E-state index contributed by atoms with van der Waals surface area (Å²) in [7, 11) is 0. The van der Waals surface area contributed by atoms with Crippen LogP contribution < -0.4 is 4.90 Å². The number of aromatic nitrogens is 3. The van der Waals surface area contributed by atoms with Crippen LogP contribution in [0.5, 0.6) is 0 Å². The molecule has 2 aliphatic rings. The average Bonchev–Trinajstić information content (AvgIpc) is 3.40. The first-order valence-electron chi connectivity index (χ1n) is 12.5. The van der Waals surface area contributed by atoms with Gasteiger partial charge in [-0.1, -0.05) is 20.8 Å². The molecule has 0 bridgehead atoms. The maximum Gasteiger partial charge on any atom is 0.331 e. The second-order valence-corrected chi connectivity index (χ2v) is 10.3. The van der Waals surface area contributed by atoms with E-state index in [-0.39, 0.29) is 29.2 Å². The van der Waals surface area contributed by atoms with Gasteiger partial charge in [0.1, 0.15) is 17.3 Å². The molecule has 0 spiro atoms. The number of hydrogen-bond acceptors (Lipinski definition) is 5. The van der Waals surface area contributed by atoms with Gasteiger partial charge in [0.25, 0.3) is 0 Å². The van der Waals surface area contributed by atoms with Crippen LogP contribution in [0.25, 0.3) is 21.9 Å². The summed E-state index contributed by atoms with van der Waals surface area (Å²) in [6, 6.07) is 6.25. The number of anilines is 1. The Kier molecular flexibility index (Phi) is 6.28. The van der Waals surface area contributed by atoms with Crippen molar-refractivity contribution < 1.29 is 14.3 Å². The van der Waals surface area contributed by atoms with Crippen LogP contribution in [0.2, 0.25) is 0 Å². The summed E-state index contributed by atoms with van der Waals surface area (Å²) < 4.78 is 13.3. The maximum absolute atomic E-state index is 13.3. The second kappa shape index (κ2) is 9.38. The number of H-pyrrole nitrogens is 1. The highest BCUT2D eigenvalue weighted by Crippen LogP contribution is 2.37. The molecular weight excluding hydrogens is 442 g/mol. The van der Waals surface area contributed by atoms with Crippen LogP contribution >= 0.6 is 0 Å². The standard InChI is InChI=1S/C27H33N5O3/c1-16-12-18(3)24(19(4)13-16)35-27(33)23-21(28-5)15-32-25(29-30-26(23)32)20-6-7-22(17(2)14-20)31-8-10-34-11-9-31/h6-7,14-16,18-19,24,30H,8-13H2,1-4H3. The number of aryl methyl sites for hydroxylation is 1. The van der Waals surface area contributed by atoms with Gasteiger partial charge in [0.05, 0.1) is 19.8 Å². The predicted molar refractivity (Wildman–Crippen MR) is 135 cm³/mol. The van der Waals surface area contributed by atoms with E-state index in [1.807, 2.05) is 6.07 Å². The van der Waals surface area contributed by atoms with Crippen molar-refractivity contribution in [1.29, 1.82) is 0 Å². The molecule has 3 aromatic rings. The number of rotatable bonds is 4. The Hall–Kier alpha value is -3.31. The minimum absolute atomic E-state index is 0.148. The number of esters is 1. The molecule has 1 N–H and O–H groups in total. The zero-order valence-electron chi connectivity index (χ0n) is 20.9. The third-order valence-electron chi connectivity index (χ3n) is 7.53. The van der Waals surface area contributed by atoms with Gasteiger partial charge in [0.2, 0.25) is 5.69 Å². The summed E-state index contributed by atoms with van der Waals surface area (Å²) in [5.41, 5.74) is 4.28. The summed E-state index contributed by atoms with van der Waals surface area (Å²) in [5.74, 6) is 1.41. The molecular formula is C27H33N5O3. The quantitative estimate of drug-likeness (QED) is 0.412. The normalized spacial score (nSPS) is 24.9. The number of nitrogens with zero attached hydrogens (tertiary/aromatic N) is 4. The van der Waals surface area contributed by atoms with E-state index in [1.54, 1.807) is 10.6 Å². The fourth-order valence-electron chi connectivity index (χ4n) is 5.98. The number of nitrogens with one attached hydrogen (secondary N) is 1. The summed E-state index contributed by atoms with van der Waals surface area (Å²) in [6.07, 6.45) is 3.61. The number of ether oxygens (including phenoxy) is 2. The first-order chi connectivity index (χ1) is 16.9. The maximum atomic E-state index is 13.3. The van der Waals surface area contributed by atoms with Crippen molar-refractivity contribution in [3.05, 3.63) is 46.9 Å². The summed E-state index contributed by atoms with van der Waals surface area (Å²) >= 11 is 0. The van der Waals surface area contributed by atoms with Crippen LogP contribution in [0, 0.1) is 31.2 Å². The minimum atomic E-state index is -0.453. The molecule has 2 fully saturated rings. The van der Waals surface area contributed by atoms with Gasteiger partial charge in [-0.25, -0.2) is 9.64 Å². The molecule has 0 radical (unpaired) electrons. The van der Waals surface area contributed by atoms with Crippen LogP contribution in [-0.4, -0.2) is 53.0 Å². The zero-order valence-corrected chi connectivity index (χ0v) is 20.9. The van der Waals surface area contributed by atoms with E-state index in [0.717, 1.165) is 50.3 Å². The fraction of sp³-hybridized carbons (Fsp3) is 0.519. The molecule has 184 valence electrons. The Balaban J connectivity index is 1.45. The lowest BCUT2D eigenvalue weighted by Gasteiger charge is -2.37. The first-order valence-corrected chi connectivity index (χ1v) is 12.5. The second-order valence-electron chi connectivity index (χ2n) is 10.3. The first kappa shape index (κ1) is 23.4. The monoisotopic (exact) mass is 475 g/mol. The summed E-state index contributed by atoms with van der Waals surface area (Å²) in [5, 5.41) is 7.50. The van der Waals surface area contributed by atoms with Crippen molar-refractivity contribution in [3.63, 3.8) is 0 Å². The molecule has 5 rings (SSSR count). The molecule has 2 unspecified atom stereocenters. The van der Waals surface area contributed by atoms with E-state index in [1.165, 1.54) is 5.69 Å². The largest absolute Gasteiger partial charge is 0.459 e. The Morgan fingerprint density at radius 1 is 1.20 bits per heavy atom. The van der Waals surface area contributed by atoms with Crippen LogP contribution in [0.15, 0.2) is 24.4 Å². The molecule has 1 aliphatic heterocycles. The molecule has 1 aromatic carbocycles. The molecule has 0 amide bonds. The van der Waals surface area contributed by atoms with Gasteiger partial charge in [0.15, 0.2) is 5.82 Å². The third kappa shape index (κ3) is 4.30. The van der Waals surface area contributed by atoms with Gasteiger partial charge < -0.3 is 14.4 Å². The molecule has 2 atom stereocenters. The molecule has 1 saturated heterocycles. The van der Waals surface area contributed by atoms with E-state index >= 15 is 0 Å². The number of carbonyl (C=O) groups is 1. The molecule has 1 aliphatic carbocycles. The predicted octanol–water partition coefficient (Wildman–Crippen LogP) is 5.25. The lowest BCUT2D eigenvalue weighted by atomic mass is 9.75. The van der Waals surface area contributed by atoms with Crippen molar-refractivity contribution in [1.82, 2.24) is 14.6 Å². The number of fused-ring (bicyclic) bond motifs is 1. The van der Waals surface area contributed by atoms with Gasteiger partial charge >= 0.3 is 5.97 Å². The topological polar surface area (TPSA) is 76.2 Å². The zero-order chi connectivity index (χ0) is 24.7. The summed E-state index contributed by atoms with van der Waals surface area (Å²) in [6.45, 7) is 19.5. The van der Waals surface area contributed by atoms with E-state index in [4.69, 9.17) is 16.0 Å². The number of carbonyl (C=O) groups excluding carboxylic acids is 1. The van der Waals surface area contributed by atoms with Crippen molar-refractivity contribution >= 4 is 23.0 Å². The van der Waals surface area contributed by atoms with Gasteiger partial charge in [-0.2, -0.15) is 5.10 Å².